The largest absolute Gasteiger partial charge is 0.392 e. The molecule has 7 heteroatoms. The average Bonchev–Trinajstić information content (AvgIpc) is 2.33. The summed E-state index contributed by atoms with van der Waals surface area (Å²) in [5.41, 5.74) is -0.742. The number of carbonyl (C=O) groups excluding carboxylic acids is 1. The molecule has 0 unspecified atom stereocenters. The molecule has 0 bridgehead atoms. The third kappa shape index (κ3) is 3.27. The molecule has 1 amide bonds. The minimum absolute atomic E-state index is 0.0877. The highest BCUT2D eigenvalue weighted by Crippen LogP contribution is 2.37. The molecule has 0 radical (unpaired) electrons. The highest BCUT2D eigenvalue weighted by atomic mass is 32.2. The van der Waals surface area contributed by atoms with Gasteiger partial charge in [-0.3, -0.25) is 4.79 Å². The van der Waals surface area contributed by atoms with Gasteiger partial charge in [0, 0.05) is 32.4 Å². The van der Waals surface area contributed by atoms with Gasteiger partial charge in [-0.1, -0.05) is 0 Å². The maximum atomic E-state index is 12.1. The van der Waals surface area contributed by atoms with Gasteiger partial charge in [0.05, 0.1) is 17.3 Å². The molecule has 2 aliphatic rings. The summed E-state index contributed by atoms with van der Waals surface area (Å²) in [6.45, 7) is 2.19. The molecule has 0 saturated carbocycles. The Hall–Kier alpha value is -0.660. The van der Waals surface area contributed by atoms with E-state index in [1.54, 1.807) is 0 Å². The van der Waals surface area contributed by atoms with Crippen LogP contribution in [0.1, 0.15) is 19.3 Å². The Bertz CT molecular complexity index is 451. The van der Waals surface area contributed by atoms with Crippen molar-refractivity contribution in [3.63, 3.8) is 0 Å². The van der Waals surface area contributed by atoms with Crippen LogP contribution in [0.25, 0.3) is 0 Å². The lowest BCUT2D eigenvalue weighted by Crippen LogP contribution is -2.61. The van der Waals surface area contributed by atoms with E-state index in [2.05, 4.69) is 5.32 Å². The lowest BCUT2D eigenvalue weighted by atomic mass is 9.71. The van der Waals surface area contributed by atoms with Gasteiger partial charge in [-0.05, 0) is 19.3 Å². The number of likely N-dealkylation sites (tertiary alicyclic amines) is 1. The summed E-state index contributed by atoms with van der Waals surface area (Å²) in [4.78, 5) is 14.1. The van der Waals surface area contributed by atoms with Crippen molar-refractivity contribution in [2.75, 3.05) is 38.2 Å². The van der Waals surface area contributed by atoms with Gasteiger partial charge in [-0.15, -0.1) is 0 Å². The first-order chi connectivity index (χ1) is 8.83. The molecule has 0 aromatic heterocycles. The zero-order chi connectivity index (χ0) is 14.1. The van der Waals surface area contributed by atoms with Crippen LogP contribution in [0.15, 0.2) is 0 Å². The van der Waals surface area contributed by atoms with Crippen LogP contribution in [0.2, 0.25) is 0 Å². The van der Waals surface area contributed by atoms with Crippen molar-refractivity contribution in [3.8, 4) is 0 Å². The molecule has 110 valence electrons. The van der Waals surface area contributed by atoms with E-state index < -0.39 is 21.4 Å². The number of nitrogens with zero attached hydrogens (tertiary/aromatic N) is 1. The number of hydrogen-bond acceptors (Lipinski definition) is 5. The second-order valence-electron chi connectivity index (χ2n) is 5.73. The molecule has 2 rings (SSSR count). The molecule has 2 aliphatic heterocycles. The predicted molar refractivity (Wildman–Crippen MR) is 71.5 cm³/mol. The Morgan fingerprint density at radius 1 is 1.53 bits per heavy atom. The zero-order valence-electron chi connectivity index (χ0n) is 11.3. The number of piperidine rings is 2. The fraction of sp³-hybridized carbons (Fsp3) is 0.917. The lowest BCUT2D eigenvalue weighted by Gasteiger charge is -2.46. The lowest BCUT2D eigenvalue weighted by molar-refractivity contribution is -0.148. The van der Waals surface area contributed by atoms with Crippen LogP contribution < -0.4 is 5.32 Å². The summed E-state index contributed by atoms with van der Waals surface area (Å²) in [5.74, 6) is 0.0103. The topological polar surface area (TPSA) is 86.7 Å². The zero-order valence-corrected chi connectivity index (χ0v) is 12.1. The normalized spacial score (nSPS) is 33.4. The van der Waals surface area contributed by atoms with Crippen LogP contribution in [0, 0.1) is 5.41 Å². The van der Waals surface area contributed by atoms with E-state index in [-0.39, 0.29) is 11.7 Å². The SMILES string of the molecule is CS(=O)(=O)CCN1CC[C@H](O)[C@@]2(CCCNC2=O)C1. The summed E-state index contributed by atoms with van der Waals surface area (Å²) in [7, 11) is -3.00. The standard InChI is InChI=1S/C12H22N2O4S/c1-19(17,18)8-7-14-6-3-10(15)12(9-14)4-2-5-13-11(12)16/h10,15H,2-9H2,1H3,(H,13,16)/t10-,12+/m0/s1. The van der Waals surface area contributed by atoms with E-state index in [1.807, 2.05) is 4.90 Å². The van der Waals surface area contributed by atoms with Crippen LogP contribution in [0.4, 0.5) is 0 Å². The minimum Gasteiger partial charge on any atom is -0.392 e. The summed E-state index contributed by atoms with van der Waals surface area (Å²) < 4.78 is 22.4. The first-order valence-electron chi connectivity index (χ1n) is 6.70. The second kappa shape index (κ2) is 5.38. The van der Waals surface area contributed by atoms with Crippen molar-refractivity contribution >= 4 is 15.7 Å². The summed E-state index contributed by atoms with van der Waals surface area (Å²) in [6, 6.07) is 0. The van der Waals surface area contributed by atoms with E-state index in [1.165, 1.54) is 6.26 Å². The number of carbonyl (C=O) groups is 1. The van der Waals surface area contributed by atoms with Crippen molar-refractivity contribution in [1.29, 1.82) is 0 Å². The Balaban J connectivity index is 2.05. The molecule has 2 atom stereocenters. The number of amides is 1. The molecular weight excluding hydrogens is 268 g/mol. The van der Waals surface area contributed by atoms with Crippen LogP contribution in [-0.4, -0.2) is 68.6 Å². The highest BCUT2D eigenvalue weighted by molar-refractivity contribution is 7.90. The van der Waals surface area contributed by atoms with Gasteiger partial charge in [-0.2, -0.15) is 0 Å². The molecular formula is C12H22N2O4S. The van der Waals surface area contributed by atoms with Gasteiger partial charge in [0.2, 0.25) is 5.91 Å². The van der Waals surface area contributed by atoms with E-state index in [4.69, 9.17) is 0 Å². The smallest absolute Gasteiger partial charge is 0.230 e. The van der Waals surface area contributed by atoms with Crippen LogP contribution in [0.3, 0.4) is 0 Å². The Labute approximate surface area is 114 Å². The van der Waals surface area contributed by atoms with Crippen molar-refractivity contribution in [2.24, 2.45) is 5.41 Å². The first-order valence-corrected chi connectivity index (χ1v) is 8.76. The fourth-order valence-corrected chi connectivity index (χ4v) is 3.60. The predicted octanol–water partition coefficient (Wildman–Crippen LogP) is -1.01. The van der Waals surface area contributed by atoms with E-state index in [9.17, 15) is 18.3 Å². The maximum Gasteiger partial charge on any atom is 0.230 e. The molecule has 2 heterocycles. The maximum absolute atomic E-state index is 12.1. The van der Waals surface area contributed by atoms with E-state index >= 15 is 0 Å². The van der Waals surface area contributed by atoms with Crippen molar-refractivity contribution in [2.45, 2.75) is 25.4 Å². The molecule has 6 nitrogen and oxygen atoms in total. The highest BCUT2D eigenvalue weighted by Gasteiger charge is 2.49. The summed E-state index contributed by atoms with van der Waals surface area (Å²) >= 11 is 0. The quantitative estimate of drug-likeness (QED) is 0.696. The number of aliphatic hydroxyl groups excluding tert-OH is 1. The van der Waals surface area contributed by atoms with Crippen LogP contribution in [0.5, 0.6) is 0 Å². The average molecular weight is 290 g/mol. The van der Waals surface area contributed by atoms with Gasteiger partial charge in [0.1, 0.15) is 9.84 Å². The van der Waals surface area contributed by atoms with Crippen LogP contribution >= 0.6 is 0 Å². The third-order valence-corrected chi connectivity index (χ3v) is 5.10. The Morgan fingerprint density at radius 3 is 2.89 bits per heavy atom. The monoisotopic (exact) mass is 290 g/mol. The molecule has 0 aliphatic carbocycles. The van der Waals surface area contributed by atoms with E-state index in [0.717, 1.165) is 6.42 Å². The Morgan fingerprint density at radius 2 is 2.26 bits per heavy atom. The Kier molecular flexibility index (Phi) is 4.17. The van der Waals surface area contributed by atoms with E-state index in [0.29, 0.717) is 39.0 Å². The summed E-state index contributed by atoms with van der Waals surface area (Å²) in [6.07, 6.45) is 2.66. The number of hydrogen-bond donors (Lipinski definition) is 2. The first kappa shape index (κ1) is 14.7. The van der Waals surface area contributed by atoms with Gasteiger partial charge in [-0.25, -0.2) is 8.42 Å². The van der Waals surface area contributed by atoms with Gasteiger partial charge < -0.3 is 15.3 Å². The number of sulfone groups is 1. The van der Waals surface area contributed by atoms with Crippen LogP contribution in [-0.2, 0) is 14.6 Å². The van der Waals surface area contributed by atoms with Crippen molar-refractivity contribution in [1.82, 2.24) is 10.2 Å². The van der Waals surface area contributed by atoms with Crippen molar-refractivity contribution in [3.05, 3.63) is 0 Å². The molecule has 1 spiro atoms. The number of nitrogens with one attached hydrogen (secondary N) is 1. The number of aliphatic hydroxyl groups is 1. The second-order valence-corrected chi connectivity index (χ2v) is 7.99. The summed E-state index contributed by atoms with van der Waals surface area (Å²) in [5, 5.41) is 13.0. The minimum atomic E-state index is -3.00. The molecule has 2 saturated heterocycles. The number of rotatable bonds is 3. The van der Waals surface area contributed by atoms with Gasteiger partial charge in [0.15, 0.2) is 0 Å². The third-order valence-electron chi connectivity index (χ3n) is 4.18. The molecule has 2 N–H and O–H groups in total. The molecule has 0 aromatic carbocycles. The van der Waals surface area contributed by atoms with Gasteiger partial charge in [0.25, 0.3) is 0 Å². The van der Waals surface area contributed by atoms with Gasteiger partial charge >= 0.3 is 0 Å². The molecule has 19 heavy (non-hydrogen) atoms. The fourth-order valence-electron chi connectivity index (χ4n) is 3.01. The van der Waals surface area contributed by atoms with Crippen molar-refractivity contribution < 1.29 is 18.3 Å². The molecule has 0 aromatic rings. The molecule has 2 fully saturated rings.